The van der Waals surface area contributed by atoms with Crippen LogP contribution in [0, 0.1) is 5.92 Å². The summed E-state index contributed by atoms with van der Waals surface area (Å²) < 4.78 is 7.53. The molecular formula is C27H34N6O3. The molecule has 9 heteroatoms. The molecule has 0 aliphatic heterocycles. The molecule has 190 valence electrons. The summed E-state index contributed by atoms with van der Waals surface area (Å²) in [5.74, 6) is 1.54. The predicted octanol–water partition coefficient (Wildman–Crippen LogP) is 4.30. The molecule has 0 radical (unpaired) electrons. The largest absolute Gasteiger partial charge is 0.456 e. The highest BCUT2D eigenvalue weighted by molar-refractivity contribution is 6.03. The van der Waals surface area contributed by atoms with E-state index in [2.05, 4.69) is 16.9 Å². The molecule has 0 atom stereocenters. The topological polar surface area (TPSA) is 115 Å². The fourth-order valence-corrected chi connectivity index (χ4v) is 4.32. The molecule has 2 aromatic heterocycles. The van der Waals surface area contributed by atoms with E-state index in [1.165, 1.54) is 6.08 Å². The van der Waals surface area contributed by atoms with E-state index in [0.29, 0.717) is 53.3 Å². The number of pyridine rings is 1. The zero-order valence-corrected chi connectivity index (χ0v) is 20.0. The maximum atomic E-state index is 12.7. The zero-order chi connectivity index (χ0) is 24.9. The lowest BCUT2D eigenvalue weighted by molar-refractivity contribution is -0.127. The van der Waals surface area contributed by atoms with Crippen LogP contribution in [-0.2, 0) is 4.79 Å². The Morgan fingerprint density at radius 1 is 1.22 bits per heavy atom. The molecule has 0 saturated heterocycles. The number of nitrogens with two attached hydrogens (primary N) is 1. The maximum Gasteiger partial charge on any atom is 0.257 e. The number of hydrogen-bond donors (Lipinski definition) is 2. The molecule has 1 aromatic carbocycles. The number of likely N-dealkylation sites (N-methyl/N-ethyl adjacent to an activating group) is 1. The average molecular weight is 491 g/mol. The molecule has 36 heavy (non-hydrogen) atoms. The van der Waals surface area contributed by atoms with Crippen molar-refractivity contribution in [1.29, 1.82) is 0 Å². The summed E-state index contributed by atoms with van der Waals surface area (Å²) in [5, 5.41) is 7.35. The minimum absolute atomic E-state index is 0. The van der Waals surface area contributed by atoms with Crippen molar-refractivity contribution in [2.24, 2.45) is 5.92 Å². The number of amides is 2. The maximum absolute atomic E-state index is 12.7. The van der Waals surface area contributed by atoms with Gasteiger partial charge in [-0.1, -0.05) is 32.2 Å². The Bertz CT molecular complexity index is 1200. The zero-order valence-electron chi connectivity index (χ0n) is 20.0. The molecule has 1 aliphatic carbocycles. The summed E-state index contributed by atoms with van der Waals surface area (Å²) in [6.45, 7) is 6.83. The normalized spacial score (nSPS) is 16.3. The Morgan fingerprint density at radius 2 is 1.94 bits per heavy atom. The van der Waals surface area contributed by atoms with Gasteiger partial charge in [0.05, 0.1) is 17.9 Å². The van der Waals surface area contributed by atoms with E-state index >= 15 is 0 Å². The summed E-state index contributed by atoms with van der Waals surface area (Å²) in [7, 11) is 1.56. The van der Waals surface area contributed by atoms with Gasteiger partial charge in [-0.05, 0) is 56.0 Å². The molecule has 2 heterocycles. The smallest absolute Gasteiger partial charge is 0.257 e. The van der Waals surface area contributed by atoms with Crippen LogP contribution >= 0.6 is 0 Å². The van der Waals surface area contributed by atoms with E-state index in [-0.39, 0.29) is 25.3 Å². The summed E-state index contributed by atoms with van der Waals surface area (Å²) in [5.41, 5.74) is 7.67. The van der Waals surface area contributed by atoms with Crippen molar-refractivity contribution < 1.29 is 14.3 Å². The van der Waals surface area contributed by atoms with Gasteiger partial charge in [0.2, 0.25) is 5.91 Å². The van der Waals surface area contributed by atoms with Crippen molar-refractivity contribution >= 4 is 17.6 Å². The molecule has 0 unspecified atom stereocenters. The first-order chi connectivity index (χ1) is 16.9. The Labute approximate surface area is 212 Å². The highest BCUT2D eigenvalue weighted by Gasteiger charge is 2.36. The number of nitrogens with one attached hydrogen (secondary N) is 1. The van der Waals surface area contributed by atoms with E-state index in [1.807, 2.05) is 37.3 Å². The van der Waals surface area contributed by atoms with Crippen molar-refractivity contribution in [1.82, 2.24) is 25.0 Å². The van der Waals surface area contributed by atoms with Gasteiger partial charge < -0.3 is 20.7 Å². The van der Waals surface area contributed by atoms with Crippen LogP contribution in [0.2, 0.25) is 0 Å². The Balaban J connectivity index is 0.00000361. The van der Waals surface area contributed by atoms with Crippen molar-refractivity contribution in [3.8, 4) is 22.9 Å². The standard InChI is InChI=1S/C26H30N6O3.CH4/c1-4-22(33)31(5-2)16-17-13-18(14-17)32-25(27)23(26(34)28-3)24(30-32)21-12-11-20(15-29-21)35-19-9-7-6-8-10-19;/h4,6-12,15,17-18H,1,5,13-14,16,27H2,2-3H3,(H,28,34);1H4. The Kier molecular flexibility index (Phi) is 8.47. The highest BCUT2D eigenvalue weighted by Crippen LogP contribution is 2.41. The molecular weight excluding hydrogens is 456 g/mol. The molecule has 9 nitrogen and oxygen atoms in total. The van der Waals surface area contributed by atoms with Crippen LogP contribution in [0.5, 0.6) is 11.5 Å². The number of nitrogen functional groups attached to an aromatic ring is 1. The second kappa shape index (κ2) is 11.5. The van der Waals surface area contributed by atoms with Gasteiger partial charge in [-0.3, -0.25) is 14.6 Å². The van der Waals surface area contributed by atoms with Gasteiger partial charge >= 0.3 is 0 Å². The number of para-hydroxylation sites is 1. The predicted molar refractivity (Wildman–Crippen MR) is 141 cm³/mol. The minimum Gasteiger partial charge on any atom is -0.456 e. The van der Waals surface area contributed by atoms with E-state index < -0.39 is 0 Å². The second-order valence-electron chi connectivity index (χ2n) is 8.50. The van der Waals surface area contributed by atoms with Crippen LogP contribution in [0.1, 0.15) is 43.6 Å². The lowest BCUT2D eigenvalue weighted by Crippen LogP contribution is -2.40. The average Bonchev–Trinajstić information content (AvgIpc) is 3.20. The monoisotopic (exact) mass is 490 g/mol. The molecule has 2 amide bonds. The van der Waals surface area contributed by atoms with E-state index in [1.54, 1.807) is 35.0 Å². The van der Waals surface area contributed by atoms with Crippen LogP contribution in [0.25, 0.3) is 11.4 Å². The summed E-state index contributed by atoms with van der Waals surface area (Å²) in [6, 6.07) is 13.0. The number of anilines is 1. The van der Waals surface area contributed by atoms with Gasteiger partial charge in [0.1, 0.15) is 28.6 Å². The number of nitrogens with zero attached hydrogens (tertiary/aromatic N) is 4. The Hall–Kier alpha value is -4.14. The number of hydrogen-bond acceptors (Lipinski definition) is 6. The van der Waals surface area contributed by atoms with Crippen LogP contribution in [0.3, 0.4) is 0 Å². The lowest BCUT2D eigenvalue weighted by atomic mass is 9.80. The molecule has 3 N–H and O–H groups in total. The number of carbonyl (C=O) groups is 2. The number of ether oxygens (including phenoxy) is 1. The number of carbonyl (C=O) groups excluding carboxylic acids is 2. The van der Waals surface area contributed by atoms with Crippen LogP contribution < -0.4 is 15.8 Å². The summed E-state index contributed by atoms with van der Waals surface area (Å²) >= 11 is 0. The SMILES string of the molecule is C.C=CC(=O)N(CC)CC1CC(n2nc(-c3ccc(Oc4ccccc4)cn3)c(C(=O)NC)c2N)C1. The van der Waals surface area contributed by atoms with Crippen molar-refractivity contribution in [3.63, 3.8) is 0 Å². The molecule has 0 bridgehead atoms. The number of aromatic nitrogens is 3. The minimum atomic E-state index is -0.320. The van der Waals surface area contributed by atoms with Gasteiger partial charge in [-0.15, -0.1) is 0 Å². The summed E-state index contributed by atoms with van der Waals surface area (Å²) in [4.78, 5) is 30.9. The van der Waals surface area contributed by atoms with Crippen LogP contribution in [-0.4, -0.2) is 51.6 Å². The first-order valence-corrected chi connectivity index (χ1v) is 11.7. The third-order valence-corrected chi connectivity index (χ3v) is 6.26. The summed E-state index contributed by atoms with van der Waals surface area (Å²) in [6.07, 6.45) is 4.57. The van der Waals surface area contributed by atoms with Crippen LogP contribution in [0.15, 0.2) is 61.3 Å². The molecule has 1 fully saturated rings. The van der Waals surface area contributed by atoms with E-state index in [9.17, 15) is 9.59 Å². The van der Waals surface area contributed by atoms with Crippen molar-refractivity contribution in [2.45, 2.75) is 33.2 Å². The van der Waals surface area contributed by atoms with E-state index in [0.717, 1.165) is 12.8 Å². The molecule has 3 aromatic rings. The molecule has 0 spiro atoms. The fourth-order valence-electron chi connectivity index (χ4n) is 4.32. The van der Waals surface area contributed by atoms with Gasteiger partial charge in [-0.2, -0.15) is 5.10 Å². The first kappa shape index (κ1) is 26.5. The van der Waals surface area contributed by atoms with E-state index in [4.69, 9.17) is 15.6 Å². The van der Waals surface area contributed by atoms with Gasteiger partial charge in [0, 0.05) is 20.1 Å². The van der Waals surface area contributed by atoms with Crippen molar-refractivity contribution in [2.75, 3.05) is 25.9 Å². The number of rotatable bonds is 9. The highest BCUT2D eigenvalue weighted by atomic mass is 16.5. The second-order valence-corrected chi connectivity index (χ2v) is 8.50. The quantitative estimate of drug-likeness (QED) is 0.432. The lowest BCUT2D eigenvalue weighted by Gasteiger charge is -2.38. The van der Waals surface area contributed by atoms with Gasteiger partial charge in [0.25, 0.3) is 5.91 Å². The Morgan fingerprint density at radius 3 is 2.53 bits per heavy atom. The van der Waals surface area contributed by atoms with Crippen LogP contribution in [0.4, 0.5) is 5.82 Å². The van der Waals surface area contributed by atoms with Gasteiger partial charge in [0.15, 0.2) is 0 Å². The van der Waals surface area contributed by atoms with Crippen molar-refractivity contribution in [3.05, 3.63) is 66.9 Å². The third kappa shape index (κ3) is 5.40. The number of benzene rings is 1. The first-order valence-electron chi connectivity index (χ1n) is 11.7. The third-order valence-electron chi connectivity index (χ3n) is 6.26. The molecule has 4 rings (SSSR count). The molecule has 1 saturated carbocycles. The fraction of sp³-hybridized carbons (Fsp3) is 0.333. The van der Waals surface area contributed by atoms with Gasteiger partial charge in [-0.25, -0.2) is 4.68 Å². The molecule has 1 aliphatic rings.